The minimum atomic E-state index is -0.237. The maximum absolute atomic E-state index is 12.5. The lowest BCUT2D eigenvalue weighted by molar-refractivity contribution is -0.129. The summed E-state index contributed by atoms with van der Waals surface area (Å²) in [5.41, 5.74) is 7.16. The quantitative estimate of drug-likeness (QED) is 0.750. The highest BCUT2D eigenvalue weighted by Gasteiger charge is 2.35. The molecule has 4 N–H and O–H groups in total. The van der Waals surface area contributed by atoms with E-state index in [-0.39, 0.29) is 36.4 Å². The van der Waals surface area contributed by atoms with Crippen molar-refractivity contribution < 1.29 is 9.59 Å². The van der Waals surface area contributed by atoms with Crippen molar-refractivity contribution in [3.05, 3.63) is 35.9 Å². The molecule has 26 heavy (non-hydrogen) atoms. The van der Waals surface area contributed by atoms with Crippen LogP contribution in [0.1, 0.15) is 43.6 Å². The highest BCUT2D eigenvalue weighted by Crippen LogP contribution is 2.31. The van der Waals surface area contributed by atoms with Crippen LogP contribution in [0.5, 0.6) is 0 Å². The van der Waals surface area contributed by atoms with Gasteiger partial charge in [0.15, 0.2) is 0 Å². The molecule has 1 aliphatic heterocycles. The van der Waals surface area contributed by atoms with Crippen molar-refractivity contribution in [3.63, 3.8) is 0 Å². The zero-order valence-corrected chi connectivity index (χ0v) is 15.3. The molecule has 2 aliphatic rings. The topological polar surface area (TPSA) is 87.5 Å². The van der Waals surface area contributed by atoms with Crippen LogP contribution in [0.2, 0.25) is 0 Å². The fourth-order valence-corrected chi connectivity index (χ4v) is 4.14. The first kappa shape index (κ1) is 18.7. The van der Waals surface area contributed by atoms with Crippen LogP contribution in [0.4, 0.5) is 4.79 Å². The highest BCUT2D eigenvalue weighted by molar-refractivity contribution is 5.84. The van der Waals surface area contributed by atoms with Crippen LogP contribution in [-0.2, 0) is 4.79 Å². The summed E-state index contributed by atoms with van der Waals surface area (Å²) in [6.07, 6.45) is 5.64. The van der Waals surface area contributed by atoms with Crippen molar-refractivity contribution in [3.8, 4) is 0 Å². The van der Waals surface area contributed by atoms with E-state index in [2.05, 4.69) is 22.8 Å². The number of carbonyl (C=O) groups is 2. The van der Waals surface area contributed by atoms with Gasteiger partial charge in [-0.2, -0.15) is 0 Å². The third kappa shape index (κ3) is 4.75. The molecule has 0 aromatic heterocycles. The first-order valence-corrected chi connectivity index (χ1v) is 9.74. The Morgan fingerprint density at radius 2 is 1.81 bits per heavy atom. The van der Waals surface area contributed by atoms with Gasteiger partial charge in [0.05, 0.1) is 6.54 Å². The molecule has 0 radical (unpaired) electrons. The Morgan fingerprint density at radius 3 is 2.50 bits per heavy atom. The number of urea groups is 1. The van der Waals surface area contributed by atoms with Gasteiger partial charge in [0.1, 0.15) is 0 Å². The van der Waals surface area contributed by atoms with Gasteiger partial charge in [-0.1, -0.05) is 49.6 Å². The molecule has 6 nitrogen and oxygen atoms in total. The average Bonchev–Trinajstić information content (AvgIpc) is 3.12. The van der Waals surface area contributed by atoms with Gasteiger partial charge in [0, 0.05) is 25.0 Å². The Kier molecular flexibility index (Phi) is 6.50. The number of nitrogens with zero attached hydrogens (tertiary/aromatic N) is 1. The van der Waals surface area contributed by atoms with Gasteiger partial charge in [-0.3, -0.25) is 4.79 Å². The predicted molar refractivity (Wildman–Crippen MR) is 102 cm³/mol. The van der Waals surface area contributed by atoms with Gasteiger partial charge in [-0.05, 0) is 30.9 Å². The van der Waals surface area contributed by atoms with Crippen molar-refractivity contribution in [2.75, 3.05) is 26.2 Å². The Bertz CT molecular complexity index is 601. The SMILES string of the molecule is NC[C@@H]1CN(C(=O)CNC(=O)NC2CCCCC2)C[C@H]1c1ccccc1. The summed E-state index contributed by atoms with van der Waals surface area (Å²) < 4.78 is 0. The third-order valence-electron chi connectivity index (χ3n) is 5.66. The van der Waals surface area contributed by atoms with Crippen molar-refractivity contribution >= 4 is 11.9 Å². The lowest BCUT2D eigenvalue weighted by atomic mass is 9.89. The van der Waals surface area contributed by atoms with Crippen molar-refractivity contribution in [2.24, 2.45) is 11.7 Å². The Morgan fingerprint density at radius 1 is 1.08 bits per heavy atom. The van der Waals surface area contributed by atoms with Crippen LogP contribution in [0.25, 0.3) is 0 Å². The molecule has 1 aromatic carbocycles. The molecule has 6 heteroatoms. The number of nitrogens with two attached hydrogens (primary N) is 1. The molecule has 1 aromatic rings. The monoisotopic (exact) mass is 358 g/mol. The van der Waals surface area contributed by atoms with Crippen LogP contribution in [0.15, 0.2) is 30.3 Å². The smallest absolute Gasteiger partial charge is 0.315 e. The predicted octanol–water partition coefficient (Wildman–Crippen LogP) is 1.82. The lowest BCUT2D eigenvalue weighted by Crippen LogP contribution is -2.46. The largest absolute Gasteiger partial charge is 0.340 e. The van der Waals surface area contributed by atoms with Crippen LogP contribution >= 0.6 is 0 Å². The summed E-state index contributed by atoms with van der Waals surface area (Å²) in [7, 11) is 0. The number of hydrogen-bond donors (Lipinski definition) is 3. The molecule has 142 valence electrons. The van der Waals surface area contributed by atoms with Crippen LogP contribution in [0, 0.1) is 5.92 Å². The molecule has 3 rings (SSSR count). The Hall–Kier alpha value is -2.08. The second-order valence-electron chi connectivity index (χ2n) is 7.47. The molecule has 3 amide bonds. The van der Waals surface area contributed by atoms with E-state index >= 15 is 0 Å². The van der Waals surface area contributed by atoms with E-state index in [9.17, 15) is 9.59 Å². The summed E-state index contributed by atoms with van der Waals surface area (Å²) >= 11 is 0. The highest BCUT2D eigenvalue weighted by atomic mass is 16.2. The standard InChI is InChI=1S/C20H30N4O2/c21-11-16-13-24(14-18(16)15-7-3-1-4-8-15)19(25)12-22-20(26)23-17-9-5-2-6-10-17/h1,3-4,7-8,16-18H,2,5-6,9-14,21H2,(H2,22,23,26)/t16-,18+/m1/s1. The van der Waals surface area contributed by atoms with Gasteiger partial charge >= 0.3 is 6.03 Å². The van der Waals surface area contributed by atoms with E-state index < -0.39 is 0 Å². The van der Waals surface area contributed by atoms with Crippen molar-refractivity contribution in [2.45, 2.75) is 44.1 Å². The molecule has 1 saturated carbocycles. The van der Waals surface area contributed by atoms with E-state index in [0.29, 0.717) is 19.6 Å². The van der Waals surface area contributed by atoms with Crippen LogP contribution < -0.4 is 16.4 Å². The lowest BCUT2D eigenvalue weighted by Gasteiger charge is -2.23. The Balaban J connectivity index is 1.48. The first-order valence-electron chi connectivity index (χ1n) is 9.74. The maximum Gasteiger partial charge on any atom is 0.315 e. The number of hydrogen-bond acceptors (Lipinski definition) is 3. The molecule has 2 atom stereocenters. The Labute approximate surface area is 155 Å². The third-order valence-corrected chi connectivity index (χ3v) is 5.66. The molecular formula is C20H30N4O2. The van der Waals surface area contributed by atoms with Gasteiger partial charge < -0.3 is 21.3 Å². The first-order chi connectivity index (χ1) is 12.7. The summed E-state index contributed by atoms with van der Waals surface area (Å²) in [4.78, 5) is 26.4. The molecule has 1 saturated heterocycles. The number of nitrogens with one attached hydrogen (secondary N) is 2. The number of benzene rings is 1. The summed E-state index contributed by atoms with van der Waals surface area (Å²) in [6, 6.07) is 10.2. The number of likely N-dealkylation sites (tertiary alicyclic amines) is 1. The van der Waals surface area contributed by atoms with E-state index in [1.807, 2.05) is 23.1 Å². The molecule has 2 fully saturated rings. The fraction of sp³-hybridized carbons (Fsp3) is 0.600. The zero-order valence-electron chi connectivity index (χ0n) is 15.3. The van der Waals surface area contributed by atoms with Crippen LogP contribution in [0.3, 0.4) is 0 Å². The molecule has 0 unspecified atom stereocenters. The normalized spacial score (nSPS) is 23.7. The van der Waals surface area contributed by atoms with E-state index in [1.165, 1.54) is 24.8 Å². The average molecular weight is 358 g/mol. The molecule has 1 heterocycles. The molecule has 1 aliphatic carbocycles. The van der Waals surface area contributed by atoms with E-state index in [4.69, 9.17) is 5.73 Å². The number of amides is 3. The van der Waals surface area contributed by atoms with Crippen molar-refractivity contribution in [1.29, 1.82) is 0 Å². The van der Waals surface area contributed by atoms with E-state index in [1.54, 1.807) is 0 Å². The minimum Gasteiger partial charge on any atom is -0.340 e. The number of carbonyl (C=O) groups excluding carboxylic acids is 2. The second-order valence-corrected chi connectivity index (χ2v) is 7.47. The molecule has 0 spiro atoms. The van der Waals surface area contributed by atoms with E-state index in [0.717, 1.165) is 12.8 Å². The number of rotatable bonds is 5. The van der Waals surface area contributed by atoms with Gasteiger partial charge in [-0.25, -0.2) is 4.79 Å². The van der Waals surface area contributed by atoms with Crippen LogP contribution in [-0.4, -0.2) is 49.1 Å². The maximum atomic E-state index is 12.5. The summed E-state index contributed by atoms with van der Waals surface area (Å²) in [6.45, 7) is 1.91. The second kappa shape index (κ2) is 9.03. The summed E-state index contributed by atoms with van der Waals surface area (Å²) in [5.74, 6) is 0.485. The minimum absolute atomic E-state index is 0.0390. The van der Waals surface area contributed by atoms with Gasteiger partial charge in [0.25, 0.3) is 0 Å². The van der Waals surface area contributed by atoms with Gasteiger partial charge in [-0.15, -0.1) is 0 Å². The van der Waals surface area contributed by atoms with Gasteiger partial charge in [0.2, 0.25) is 5.91 Å². The fourth-order valence-electron chi connectivity index (χ4n) is 4.14. The summed E-state index contributed by atoms with van der Waals surface area (Å²) in [5, 5.41) is 5.70. The molecule has 0 bridgehead atoms. The zero-order chi connectivity index (χ0) is 18.4. The van der Waals surface area contributed by atoms with Crippen molar-refractivity contribution in [1.82, 2.24) is 15.5 Å². The molecular weight excluding hydrogens is 328 g/mol.